The van der Waals surface area contributed by atoms with Crippen LogP contribution in [0.3, 0.4) is 0 Å². The van der Waals surface area contributed by atoms with Crippen LogP contribution in [-0.4, -0.2) is 32.1 Å². The molecule has 0 aliphatic carbocycles. The van der Waals surface area contributed by atoms with Gasteiger partial charge in [0.2, 0.25) is 5.95 Å². The molecular formula is C30H32N6O. The Labute approximate surface area is 217 Å². The van der Waals surface area contributed by atoms with Crippen LogP contribution in [0.2, 0.25) is 0 Å². The lowest BCUT2D eigenvalue weighted by molar-refractivity contribution is -0.116. The molecule has 7 nitrogen and oxygen atoms in total. The molecule has 4 aromatic rings. The third-order valence-corrected chi connectivity index (χ3v) is 6.73. The third kappa shape index (κ3) is 5.37. The fourth-order valence-electron chi connectivity index (χ4n) is 4.60. The molecule has 3 heterocycles. The minimum absolute atomic E-state index is 0.0540. The van der Waals surface area contributed by atoms with E-state index in [4.69, 9.17) is 4.98 Å². The summed E-state index contributed by atoms with van der Waals surface area (Å²) in [4.78, 5) is 22.3. The molecule has 0 spiro atoms. The molecule has 0 saturated carbocycles. The van der Waals surface area contributed by atoms with Crippen LogP contribution < -0.4 is 10.6 Å². The summed E-state index contributed by atoms with van der Waals surface area (Å²) in [6.45, 7) is 8.99. The zero-order chi connectivity index (χ0) is 25.9. The van der Waals surface area contributed by atoms with Crippen LogP contribution >= 0.6 is 0 Å². The molecule has 2 aromatic carbocycles. The Hall–Kier alpha value is -4.10. The van der Waals surface area contributed by atoms with Crippen molar-refractivity contribution < 1.29 is 4.79 Å². The molecule has 1 unspecified atom stereocenters. The molecule has 5 rings (SSSR count). The predicted molar refractivity (Wildman–Crippen MR) is 148 cm³/mol. The van der Waals surface area contributed by atoms with E-state index in [2.05, 4.69) is 40.6 Å². The number of anilines is 2. The topological polar surface area (TPSA) is 84.7 Å². The maximum atomic E-state index is 13.1. The molecule has 1 atom stereocenters. The van der Waals surface area contributed by atoms with E-state index in [0.29, 0.717) is 5.95 Å². The number of ketones is 1. The van der Waals surface area contributed by atoms with Crippen molar-refractivity contribution in [2.24, 2.45) is 0 Å². The number of hydrogen-bond acceptors (Lipinski definition) is 6. The van der Waals surface area contributed by atoms with E-state index in [1.807, 2.05) is 79.6 Å². The van der Waals surface area contributed by atoms with Crippen molar-refractivity contribution in [1.29, 1.82) is 0 Å². The van der Waals surface area contributed by atoms with E-state index < -0.39 is 0 Å². The highest BCUT2D eigenvalue weighted by Gasteiger charge is 2.24. The second-order valence-electron chi connectivity index (χ2n) is 9.80. The summed E-state index contributed by atoms with van der Waals surface area (Å²) in [7, 11) is 0. The lowest BCUT2D eigenvalue weighted by atomic mass is 9.91. The van der Waals surface area contributed by atoms with Gasteiger partial charge in [-0.3, -0.25) is 9.48 Å². The summed E-state index contributed by atoms with van der Waals surface area (Å²) < 4.78 is 1.93. The number of hydrogen-bond donors (Lipinski definition) is 2. The first kappa shape index (κ1) is 24.6. The standard InChI is InChI=1S/C30H32N6O/c1-19(2)36-18-24(17-33-36)28-21(4)16-32-30(35-28)34-25-10-11-26-23(15-25)13-14-31-29(26)27(37)12-9-22-8-6-5-7-20(22)3/h5-12,15-19,29,31H,13-14H2,1-4H3,(H,32,34,35). The summed E-state index contributed by atoms with van der Waals surface area (Å²) in [5, 5.41) is 11.2. The molecule has 0 amide bonds. The normalized spacial score (nSPS) is 15.2. The van der Waals surface area contributed by atoms with Crippen LogP contribution in [0.1, 0.15) is 53.7 Å². The number of benzene rings is 2. The summed E-state index contributed by atoms with van der Waals surface area (Å²) in [6, 6.07) is 14.1. The molecule has 37 heavy (non-hydrogen) atoms. The van der Waals surface area contributed by atoms with Gasteiger partial charge in [0.15, 0.2) is 5.78 Å². The van der Waals surface area contributed by atoms with Crippen molar-refractivity contribution in [2.75, 3.05) is 11.9 Å². The van der Waals surface area contributed by atoms with E-state index in [1.54, 1.807) is 6.08 Å². The van der Waals surface area contributed by atoms with Crippen LogP contribution in [0.4, 0.5) is 11.6 Å². The molecule has 1 aliphatic rings. The minimum Gasteiger partial charge on any atom is -0.324 e. The van der Waals surface area contributed by atoms with Gasteiger partial charge in [-0.15, -0.1) is 0 Å². The molecular weight excluding hydrogens is 460 g/mol. The predicted octanol–water partition coefficient (Wildman–Crippen LogP) is 5.75. The lowest BCUT2D eigenvalue weighted by Crippen LogP contribution is -2.34. The molecule has 7 heteroatoms. The van der Waals surface area contributed by atoms with Gasteiger partial charge in [0.05, 0.1) is 17.9 Å². The Bertz CT molecular complexity index is 1470. The molecule has 2 aromatic heterocycles. The first-order valence-corrected chi connectivity index (χ1v) is 12.7. The van der Waals surface area contributed by atoms with Gasteiger partial charge in [-0.05, 0) is 80.1 Å². The van der Waals surface area contributed by atoms with Crippen molar-refractivity contribution in [3.8, 4) is 11.3 Å². The van der Waals surface area contributed by atoms with Crippen LogP contribution in [-0.2, 0) is 11.2 Å². The van der Waals surface area contributed by atoms with Gasteiger partial charge in [-0.25, -0.2) is 9.97 Å². The Kier molecular flexibility index (Phi) is 6.97. The van der Waals surface area contributed by atoms with E-state index in [0.717, 1.165) is 57.7 Å². The van der Waals surface area contributed by atoms with E-state index >= 15 is 0 Å². The second kappa shape index (κ2) is 10.5. The van der Waals surface area contributed by atoms with Gasteiger partial charge in [-0.2, -0.15) is 5.10 Å². The maximum Gasteiger partial charge on any atom is 0.227 e. The van der Waals surface area contributed by atoms with Gasteiger partial charge < -0.3 is 10.6 Å². The SMILES string of the molecule is Cc1ccccc1C=CC(=O)C1NCCc2cc(Nc3ncc(C)c(-c4cnn(C(C)C)c4)n3)ccc21. The van der Waals surface area contributed by atoms with Gasteiger partial charge >= 0.3 is 0 Å². The smallest absolute Gasteiger partial charge is 0.227 e. The van der Waals surface area contributed by atoms with Crippen molar-refractivity contribution in [3.05, 3.63) is 94.9 Å². The van der Waals surface area contributed by atoms with Gasteiger partial charge in [-0.1, -0.05) is 36.4 Å². The van der Waals surface area contributed by atoms with Crippen molar-refractivity contribution in [3.63, 3.8) is 0 Å². The highest BCUT2D eigenvalue weighted by Crippen LogP contribution is 2.29. The largest absolute Gasteiger partial charge is 0.324 e. The Balaban J connectivity index is 1.35. The summed E-state index contributed by atoms with van der Waals surface area (Å²) in [6.07, 6.45) is 10.1. The third-order valence-electron chi connectivity index (χ3n) is 6.73. The van der Waals surface area contributed by atoms with E-state index in [9.17, 15) is 4.79 Å². The Morgan fingerprint density at radius 1 is 1.14 bits per heavy atom. The van der Waals surface area contributed by atoms with Crippen LogP contribution in [0, 0.1) is 13.8 Å². The van der Waals surface area contributed by atoms with Crippen molar-refractivity contribution in [1.82, 2.24) is 25.1 Å². The summed E-state index contributed by atoms with van der Waals surface area (Å²) in [5.74, 6) is 0.582. The zero-order valence-corrected chi connectivity index (χ0v) is 21.7. The molecule has 2 N–H and O–H groups in total. The molecule has 0 radical (unpaired) electrons. The highest BCUT2D eigenvalue weighted by atomic mass is 16.1. The average molecular weight is 493 g/mol. The second-order valence-corrected chi connectivity index (χ2v) is 9.80. The molecule has 0 bridgehead atoms. The number of carbonyl (C=O) groups excluding carboxylic acids is 1. The van der Waals surface area contributed by atoms with Crippen LogP contribution in [0.5, 0.6) is 0 Å². The van der Waals surface area contributed by atoms with Crippen LogP contribution in [0.25, 0.3) is 17.3 Å². The average Bonchev–Trinajstić information content (AvgIpc) is 3.39. The fourth-order valence-corrected chi connectivity index (χ4v) is 4.60. The van der Waals surface area contributed by atoms with Crippen molar-refractivity contribution >= 4 is 23.5 Å². The number of aromatic nitrogens is 4. The number of fused-ring (bicyclic) bond motifs is 1. The number of nitrogens with one attached hydrogen (secondary N) is 2. The van der Waals surface area contributed by atoms with Crippen molar-refractivity contribution in [2.45, 2.75) is 46.2 Å². The monoisotopic (exact) mass is 492 g/mol. The number of rotatable bonds is 7. The quantitative estimate of drug-likeness (QED) is 0.320. The lowest BCUT2D eigenvalue weighted by Gasteiger charge is -2.25. The van der Waals surface area contributed by atoms with Gasteiger partial charge in [0.1, 0.15) is 0 Å². The van der Waals surface area contributed by atoms with Gasteiger partial charge in [0, 0.05) is 36.2 Å². The number of carbonyl (C=O) groups is 1. The Morgan fingerprint density at radius 2 is 1.97 bits per heavy atom. The first-order chi connectivity index (χ1) is 17.9. The molecule has 188 valence electrons. The highest BCUT2D eigenvalue weighted by molar-refractivity contribution is 5.98. The molecule has 1 aliphatic heterocycles. The molecule has 0 fully saturated rings. The van der Waals surface area contributed by atoms with Gasteiger partial charge in [0.25, 0.3) is 0 Å². The number of nitrogens with zero attached hydrogens (tertiary/aromatic N) is 4. The first-order valence-electron chi connectivity index (χ1n) is 12.7. The maximum absolute atomic E-state index is 13.1. The summed E-state index contributed by atoms with van der Waals surface area (Å²) >= 11 is 0. The van der Waals surface area contributed by atoms with Crippen LogP contribution in [0.15, 0.2) is 67.1 Å². The summed E-state index contributed by atoms with van der Waals surface area (Å²) in [5.41, 5.74) is 8.08. The van der Waals surface area contributed by atoms with E-state index in [-0.39, 0.29) is 17.9 Å². The number of aryl methyl sites for hydroxylation is 2. The molecule has 0 saturated heterocycles. The van der Waals surface area contributed by atoms with E-state index in [1.165, 1.54) is 0 Å². The zero-order valence-electron chi connectivity index (χ0n) is 21.7. The fraction of sp³-hybridized carbons (Fsp3) is 0.267. The minimum atomic E-state index is -0.349. The Morgan fingerprint density at radius 3 is 2.76 bits per heavy atom.